The van der Waals surface area contributed by atoms with Gasteiger partial charge in [-0.3, -0.25) is 14.9 Å². The van der Waals surface area contributed by atoms with Crippen molar-refractivity contribution in [1.29, 1.82) is 0 Å². The first-order chi connectivity index (χ1) is 16.5. The fraction of sp³-hybridized carbons (Fsp3) is 0.231. The number of hydrogen-bond acceptors (Lipinski definition) is 5. The Labute approximate surface area is 195 Å². The molecule has 4 aromatic rings. The monoisotopic (exact) mass is 459 g/mol. The Bertz CT molecular complexity index is 1450. The molecule has 2 amide bonds. The van der Waals surface area contributed by atoms with Crippen LogP contribution in [0.25, 0.3) is 33.0 Å². The summed E-state index contributed by atoms with van der Waals surface area (Å²) in [7, 11) is 1.58. The van der Waals surface area contributed by atoms with Gasteiger partial charge in [0, 0.05) is 52.5 Å². The number of carbonyl (C=O) groups excluding carboxylic acids is 2. The lowest BCUT2D eigenvalue weighted by Gasteiger charge is -2.12. The third-order valence-electron chi connectivity index (χ3n) is 6.07. The molecule has 1 unspecified atom stereocenters. The zero-order valence-corrected chi connectivity index (χ0v) is 18.9. The first-order valence-corrected chi connectivity index (χ1v) is 11.1. The van der Waals surface area contributed by atoms with E-state index in [-0.39, 0.29) is 13.2 Å². The van der Waals surface area contributed by atoms with Gasteiger partial charge in [0.1, 0.15) is 5.75 Å². The van der Waals surface area contributed by atoms with Crippen molar-refractivity contribution in [1.82, 2.24) is 14.9 Å². The van der Waals surface area contributed by atoms with Crippen molar-refractivity contribution in [3.05, 3.63) is 66.0 Å². The SMILES string of the molecule is CCOCC(O)Cn1cc(C2=C(c3c[nH]c4ccccc34)C(=O)NC2=O)c2ccc(OC)cc21. The number of para-hydroxylation sites is 1. The predicted octanol–water partition coefficient (Wildman–Crippen LogP) is 3.10. The van der Waals surface area contributed by atoms with Gasteiger partial charge in [-0.2, -0.15) is 0 Å². The summed E-state index contributed by atoms with van der Waals surface area (Å²) in [6, 6.07) is 13.2. The summed E-state index contributed by atoms with van der Waals surface area (Å²) in [5.41, 5.74) is 3.57. The first kappa shape index (κ1) is 21.9. The Kier molecular flexibility index (Phi) is 5.69. The maximum Gasteiger partial charge on any atom is 0.259 e. The zero-order chi connectivity index (χ0) is 23.8. The average Bonchev–Trinajstić information content (AvgIpc) is 3.50. The smallest absolute Gasteiger partial charge is 0.259 e. The van der Waals surface area contributed by atoms with Crippen LogP contribution in [0, 0.1) is 0 Å². The minimum atomic E-state index is -0.740. The van der Waals surface area contributed by atoms with Crippen LogP contribution in [0.2, 0.25) is 0 Å². The number of aromatic amines is 1. The molecule has 3 heterocycles. The Hall–Kier alpha value is -3.88. The van der Waals surface area contributed by atoms with Crippen molar-refractivity contribution in [2.24, 2.45) is 0 Å². The Morgan fingerprint density at radius 1 is 1.03 bits per heavy atom. The normalized spacial score (nSPS) is 14.9. The summed E-state index contributed by atoms with van der Waals surface area (Å²) in [6.07, 6.45) is 2.82. The number of H-pyrrole nitrogens is 1. The van der Waals surface area contributed by atoms with Crippen LogP contribution >= 0.6 is 0 Å². The second-order valence-corrected chi connectivity index (χ2v) is 8.17. The molecule has 0 saturated carbocycles. The number of ether oxygens (including phenoxy) is 2. The van der Waals surface area contributed by atoms with Crippen molar-refractivity contribution in [2.45, 2.75) is 19.6 Å². The Balaban J connectivity index is 1.71. The summed E-state index contributed by atoms with van der Waals surface area (Å²) < 4.78 is 12.6. The van der Waals surface area contributed by atoms with E-state index in [9.17, 15) is 14.7 Å². The molecule has 5 rings (SSSR count). The molecule has 0 saturated heterocycles. The highest BCUT2D eigenvalue weighted by molar-refractivity contribution is 6.50. The number of nitrogens with zero attached hydrogens (tertiary/aromatic N) is 1. The van der Waals surface area contributed by atoms with Crippen molar-refractivity contribution in [3.8, 4) is 5.75 Å². The second-order valence-electron chi connectivity index (χ2n) is 8.17. The van der Waals surface area contributed by atoms with E-state index in [2.05, 4.69) is 10.3 Å². The molecular weight excluding hydrogens is 434 g/mol. The van der Waals surface area contributed by atoms with Crippen molar-refractivity contribution < 1.29 is 24.2 Å². The van der Waals surface area contributed by atoms with Gasteiger partial charge in [-0.15, -0.1) is 0 Å². The van der Waals surface area contributed by atoms with Gasteiger partial charge in [-0.05, 0) is 25.1 Å². The van der Waals surface area contributed by atoms with E-state index in [1.54, 1.807) is 13.3 Å². The van der Waals surface area contributed by atoms with E-state index in [1.165, 1.54) is 0 Å². The number of carbonyl (C=O) groups is 2. The predicted molar refractivity (Wildman–Crippen MR) is 129 cm³/mol. The second kappa shape index (κ2) is 8.81. The lowest BCUT2D eigenvalue weighted by Crippen LogP contribution is -2.22. The first-order valence-electron chi connectivity index (χ1n) is 11.1. The van der Waals surface area contributed by atoms with Crippen LogP contribution in [0.5, 0.6) is 5.75 Å². The number of nitrogens with one attached hydrogen (secondary N) is 2. The molecule has 0 aliphatic carbocycles. The molecule has 1 atom stereocenters. The number of rotatable bonds is 8. The number of methoxy groups -OCH3 is 1. The Morgan fingerprint density at radius 2 is 1.79 bits per heavy atom. The van der Waals surface area contributed by atoms with E-state index >= 15 is 0 Å². The molecule has 2 aromatic carbocycles. The van der Waals surface area contributed by atoms with Gasteiger partial charge in [0.25, 0.3) is 11.8 Å². The number of imide groups is 1. The number of hydrogen-bond donors (Lipinski definition) is 3. The van der Waals surface area contributed by atoms with Crippen molar-refractivity contribution in [3.63, 3.8) is 0 Å². The minimum absolute atomic E-state index is 0.192. The summed E-state index contributed by atoms with van der Waals surface area (Å²) in [5.74, 6) is -0.235. The summed E-state index contributed by atoms with van der Waals surface area (Å²) in [4.78, 5) is 29.2. The van der Waals surface area contributed by atoms with E-state index in [0.717, 1.165) is 21.8 Å². The number of fused-ring (bicyclic) bond motifs is 2. The van der Waals surface area contributed by atoms with Crippen molar-refractivity contribution >= 4 is 44.8 Å². The largest absolute Gasteiger partial charge is 0.497 e. The quantitative estimate of drug-likeness (QED) is 0.351. The lowest BCUT2D eigenvalue weighted by atomic mass is 9.95. The van der Waals surface area contributed by atoms with Crippen LogP contribution in [0.4, 0.5) is 0 Å². The third kappa shape index (κ3) is 3.67. The fourth-order valence-corrected chi connectivity index (χ4v) is 4.53. The number of aliphatic hydroxyl groups is 1. The van der Waals surface area contributed by atoms with Gasteiger partial charge in [0.05, 0.1) is 43.0 Å². The summed E-state index contributed by atoms with van der Waals surface area (Å²) >= 11 is 0. The molecule has 8 nitrogen and oxygen atoms in total. The van der Waals surface area contributed by atoms with E-state index in [4.69, 9.17) is 9.47 Å². The van der Waals surface area contributed by atoms with Crippen LogP contribution in [0.3, 0.4) is 0 Å². The van der Waals surface area contributed by atoms with Crippen LogP contribution in [-0.2, 0) is 20.9 Å². The topological polar surface area (TPSA) is 106 Å². The highest BCUT2D eigenvalue weighted by Gasteiger charge is 2.35. The van der Waals surface area contributed by atoms with Crippen LogP contribution in [0.15, 0.2) is 54.9 Å². The maximum atomic E-state index is 13.1. The molecule has 34 heavy (non-hydrogen) atoms. The molecule has 3 N–H and O–H groups in total. The third-order valence-corrected chi connectivity index (χ3v) is 6.07. The van der Waals surface area contributed by atoms with E-state index < -0.39 is 17.9 Å². The molecule has 1 aliphatic rings. The van der Waals surface area contributed by atoms with Crippen LogP contribution in [-0.4, -0.2) is 52.9 Å². The van der Waals surface area contributed by atoms with Crippen LogP contribution in [0.1, 0.15) is 18.1 Å². The zero-order valence-electron chi connectivity index (χ0n) is 18.9. The number of benzene rings is 2. The highest BCUT2D eigenvalue weighted by atomic mass is 16.5. The lowest BCUT2D eigenvalue weighted by molar-refractivity contribution is -0.122. The molecular formula is C26H25N3O5. The van der Waals surface area contributed by atoms with Gasteiger partial charge in [-0.1, -0.05) is 18.2 Å². The molecule has 2 aromatic heterocycles. The van der Waals surface area contributed by atoms with E-state index in [0.29, 0.717) is 34.6 Å². The van der Waals surface area contributed by atoms with Gasteiger partial charge >= 0.3 is 0 Å². The van der Waals surface area contributed by atoms with Gasteiger partial charge in [0.15, 0.2) is 0 Å². The fourth-order valence-electron chi connectivity index (χ4n) is 4.53. The average molecular weight is 460 g/mol. The Morgan fingerprint density at radius 3 is 2.56 bits per heavy atom. The van der Waals surface area contributed by atoms with Crippen molar-refractivity contribution in [2.75, 3.05) is 20.3 Å². The van der Waals surface area contributed by atoms with E-state index in [1.807, 2.05) is 60.2 Å². The standard InChI is InChI=1S/C26H25N3O5/c1-3-34-14-15(30)12-29-13-20(18-9-8-16(33-2)10-22(18)29)24-23(25(31)28-26(24)32)19-11-27-21-7-5-4-6-17(19)21/h4-11,13,15,27,30H,3,12,14H2,1-2H3,(H,28,31,32). The number of amides is 2. The number of aliphatic hydroxyl groups excluding tert-OH is 1. The van der Waals surface area contributed by atoms with Crippen LogP contribution < -0.4 is 10.1 Å². The molecule has 8 heteroatoms. The molecule has 174 valence electrons. The molecule has 0 fully saturated rings. The van der Waals surface area contributed by atoms with Gasteiger partial charge in [-0.25, -0.2) is 0 Å². The van der Waals surface area contributed by atoms with Gasteiger partial charge < -0.3 is 24.1 Å². The molecule has 1 aliphatic heterocycles. The summed E-state index contributed by atoms with van der Waals surface area (Å²) in [5, 5.41) is 14.6. The minimum Gasteiger partial charge on any atom is -0.497 e. The van der Waals surface area contributed by atoms with Gasteiger partial charge in [0.2, 0.25) is 0 Å². The molecule has 0 spiro atoms. The molecule has 0 radical (unpaired) electrons. The highest BCUT2D eigenvalue weighted by Crippen LogP contribution is 2.39. The number of aromatic nitrogens is 2. The maximum absolute atomic E-state index is 13.1. The summed E-state index contributed by atoms with van der Waals surface area (Å²) in [6.45, 7) is 2.83. The molecule has 0 bridgehead atoms.